The molecule has 26 heavy (non-hydrogen) atoms. The molecule has 0 heterocycles. The molecule has 0 saturated heterocycles. The number of hydrogen-bond donors (Lipinski definition) is 1. The molecule has 0 unspecified atom stereocenters. The van der Waals surface area contributed by atoms with Crippen molar-refractivity contribution in [2.75, 3.05) is 6.61 Å². The van der Waals surface area contributed by atoms with Gasteiger partial charge in [0.25, 0.3) is 0 Å². The van der Waals surface area contributed by atoms with Gasteiger partial charge in [-0.2, -0.15) is 13.6 Å². The molecular formula is C20H35NO4S. The van der Waals surface area contributed by atoms with Gasteiger partial charge < -0.3 is 8.92 Å². The lowest BCUT2D eigenvalue weighted by atomic mass is 10.1. The van der Waals surface area contributed by atoms with Crippen molar-refractivity contribution in [1.29, 1.82) is 0 Å². The van der Waals surface area contributed by atoms with Crippen LogP contribution in [0.1, 0.15) is 84.0 Å². The Bertz CT molecular complexity index is 575. The highest BCUT2D eigenvalue weighted by Crippen LogP contribution is 2.20. The highest BCUT2D eigenvalue weighted by atomic mass is 32.2. The Balaban J connectivity index is 1.98. The third kappa shape index (κ3) is 13.0. The summed E-state index contributed by atoms with van der Waals surface area (Å²) in [7, 11) is -4.00. The van der Waals surface area contributed by atoms with E-state index in [2.05, 4.69) is 11.1 Å². The van der Waals surface area contributed by atoms with Crippen LogP contribution < -0.4 is 14.1 Å². The van der Waals surface area contributed by atoms with Gasteiger partial charge in [0.05, 0.1) is 6.61 Å². The molecule has 2 N–H and O–H groups in total. The maximum Gasteiger partial charge on any atom is 0.380 e. The van der Waals surface area contributed by atoms with E-state index < -0.39 is 10.3 Å². The van der Waals surface area contributed by atoms with Gasteiger partial charge in [0.2, 0.25) is 0 Å². The van der Waals surface area contributed by atoms with Crippen LogP contribution in [-0.2, 0) is 10.3 Å². The van der Waals surface area contributed by atoms with Gasteiger partial charge >= 0.3 is 10.3 Å². The van der Waals surface area contributed by atoms with Gasteiger partial charge in [0.15, 0.2) is 0 Å². The van der Waals surface area contributed by atoms with Crippen molar-refractivity contribution in [2.45, 2.75) is 84.0 Å². The largest absolute Gasteiger partial charge is 0.493 e. The van der Waals surface area contributed by atoms with Crippen molar-refractivity contribution in [1.82, 2.24) is 0 Å². The van der Waals surface area contributed by atoms with Crippen LogP contribution in [0.5, 0.6) is 11.5 Å². The molecule has 0 saturated carbocycles. The van der Waals surface area contributed by atoms with Crippen LogP contribution in [0.4, 0.5) is 0 Å². The standard InChI is InChI=1S/C20H35NO4S/c1-2-3-4-5-6-7-8-9-10-11-12-13-17-24-19-15-14-16-20(18-19)25-26(21,22)23/h14-16,18H,2-13,17H2,1H3,(H2,21,22,23). The summed E-state index contributed by atoms with van der Waals surface area (Å²) in [4.78, 5) is 0. The maximum absolute atomic E-state index is 10.9. The molecule has 1 aromatic carbocycles. The van der Waals surface area contributed by atoms with Gasteiger partial charge in [0.1, 0.15) is 11.5 Å². The van der Waals surface area contributed by atoms with Crippen molar-refractivity contribution in [3.63, 3.8) is 0 Å². The molecule has 0 amide bonds. The topological polar surface area (TPSA) is 78.6 Å². The second-order valence-electron chi connectivity index (χ2n) is 6.79. The Morgan fingerprint density at radius 2 is 1.31 bits per heavy atom. The summed E-state index contributed by atoms with van der Waals surface area (Å²) in [5.74, 6) is 0.758. The predicted molar refractivity (Wildman–Crippen MR) is 107 cm³/mol. The summed E-state index contributed by atoms with van der Waals surface area (Å²) in [5.41, 5.74) is 0. The molecule has 0 radical (unpaired) electrons. The zero-order chi connectivity index (χ0) is 19.1. The van der Waals surface area contributed by atoms with Gasteiger partial charge in [-0.1, -0.05) is 83.6 Å². The molecule has 0 aromatic heterocycles. The Kier molecular flexibility index (Phi) is 12.1. The molecule has 150 valence electrons. The molecule has 0 fully saturated rings. The fourth-order valence-corrected chi connectivity index (χ4v) is 3.25. The minimum absolute atomic E-state index is 0.166. The third-order valence-corrected chi connectivity index (χ3v) is 4.71. The van der Waals surface area contributed by atoms with E-state index in [0.29, 0.717) is 12.4 Å². The summed E-state index contributed by atoms with van der Waals surface area (Å²) < 4.78 is 32.1. The Morgan fingerprint density at radius 1 is 0.808 bits per heavy atom. The number of unbranched alkanes of at least 4 members (excludes halogenated alkanes) is 11. The van der Waals surface area contributed by atoms with Crippen molar-refractivity contribution < 1.29 is 17.3 Å². The minimum Gasteiger partial charge on any atom is -0.493 e. The van der Waals surface area contributed by atoms with E-state index in [1.807, 2.05) is 0 Å². The first-order valence-corrected chi connectivity index (χ1v) is 11.4. The molecule has 0 aliphatic heterocycles. The zero-order valence-corrected chi connectivity index (χ0v) is 16.9. The van der Waals surface area contributed by atoms with Crippen LogP contribution in [0.25, 0.3) is 0 Å². The van der Waals surface area contributed by atoms with E-state index >= 15 is 0 Å². The van der Waals surface area contributed by atoms with Crippen LogP contribution in [0, 0.1) is 0 Å². The zero-order valence-electron chi connectivity index (χ0n) is 16.1. The summed E-state index contributed by atoms with van der Waals surface area (Å²) in [6.07, 6.45) is 15.7. The molecule has 0 atom stereocenters. The summed E-state index contributed by atoms with van der Waals surface area (Å²) in [6, 6.07) is 6.51. The lowest BCUT2D eigenvalue weighted by Crippen LogP contribution is -2.18. The normalized spacial score (nSPS) is 11.5. The van der Waals surface area contributed by atoms with Crippen LogP contribution in [0.3, 0.4) is 0 Å². The van der Waals surface area contributed by atoms with Crippen LogP contribution in [0.2, 0.25) is 0 Å². The van der Waals surface area contributed by atoms with Crippen molar-refractivity contribution in [3.05, 3.63) is 24.3 Å². The molecule has 0 aliphatic carbocycles. The first kappa shape index (κ1) is 22.8. The quantitative estimate of drug-likeness (QED) is 0.389. The highest BCUT2D eigenvalue weighted by Gasteiger charge is 2.05. The van der Waals surface area contributed by atoms with Gasteiger partial charge in [-0.05, 0) is 18.6 Å². The molecular weight excluding hydrogens is 350 g/mol. The van der Waals surface area contributed by atoms with E-state index in [4.69, 9.17) is 9.88 Å². The number of benzene rings is 1. The van der Waals surface area contributed by atoms with Crippen molar-refractivity contribution >= 4 is 10.3 Å². The van der Waals surface area contributed by atoms with Crippen molar-refractivity contribution in [3.8, 4) is 11.5 Å². The first-order valence-electron chi connectivity index (χ1n) is 9.96. The minimum atomic E-state index is -4.00. The van der Waals surface area contributed by atoms with Gasteiger partial charge in [0, 0.05) is 6.07 Å². The molecule has 1 rings (SSSR count). The van der Waals surface area contributed by atoms with Gasteiger partial charge in [-0.25, -0.2) is 0 Å². The maximum atomic E-state index is 10.9. The lowest BCUT2D eigenvalue weighted by molar-refractivity contribution is 0.303. The highest BCUT2D eigenvalue weighted by molar-refractivity contribution is 7.84. The average Bonchev–Trinajstić information content (AvgIpc) is 2.58. The molecule has 0 bridgehead atoms. The molecule has 0 aliphatic rings. The van der Waals surface area contributed by atoms with E-state index in [0.717, 1.165) is 12.8 Å². The Morgan fingerprint density at radius 3 is 1.85 bits per heavy atom. The number of ether oxygens (including phenoxy) is 1. The summed E-state index contributed by atoms with van der Waals surface area (Å²) in [5, 5.41) is 4.85. The lowest BCUT2D eigenvalue weighted by Gasteiger charge is -2.08. The second-order valence-corrected chi connectivity index (χ2v) is 7.94. The molecule has 1 aromatic rings. The van der Waals surface area contributed by atoms with E-state index in [-0.39, 0.29) is 5.75 Å². The van der Waals surface area contributed by atoms with Gasteiger partial charge in [-0.3, -0.25) is 0 Å². The molecule has 6 heteroatoms. The van der Waals surface area contributed by atoms with E-state index in [1.54, 1.807) is 12.1 Å². The van der Waals surface area contributed by atoms with E-state index in [9.17, 15) is 8.42 Å². The number of rotatable bonds is 16. The monoisotopic (exact) mass is 385 g/mol. The van der Waals surface area contributed by atoms with Gasteiger partial charge in [-0.15, -0.1) is 0 Å². The first-order chi connectivity index (χ1) is 12.5. The molecule has 5 nitrogen and oxygen atoms in total. The predicted octanol–water partition coefficient (Wildman–Crippen LogP) is 5.35. The Labute approximate surface area is 159 Å². The average molecular weight is 386 g/mol. The summed E-state index contributed by atoms with van der Waals surface area (Å²) in [6.45, 7) is 2.88. The third-order valence-electron chi connectivity index (χ3n) is 4.28. The smallest absolute Gasteiger partial charge is 0.380 e. The van der Waals surface area contributed by atoms with Crippen molar-refractivity contribution in [2.24, 2.45) is 5.14 Å². The number of hydrogen-bond acceptors (Lipinski definition) is 4. The second kappa shape index (κ2) is 13.9. The van der Waals surface area contributed by atoms with Crippen LogP contribution in [-0.4, -0.2) is 15.0 Å². The number of nitrogens with two attached hydrogens (primary N) is 1. The Hall–Kier alpha value is -1.27. The van der Waals surface area contributed by atoms with E-state index in [1.165, 1.54) is 76.3 Å². The van der Waals surface area contributed by atoms with Crippen LogP contribution in [0.15, 0.2) is 24.3 Å². The fraction of sp³-hybridized carbons (Fsp3) is 0.700. The molecule has 0 spiro atoms. The SMILES string of the molecule is CCCCCCCCCCCCCCOc1cccc(OS(N)(=O)=O)c1. The summed E-state index contributed by atoms with van der Waals surface area (Å²) >= 11 is 0. The van der Waals surface area contributed by atoms with Crippen LogP contribution >= 0.6 is 0 Å². The fourth-order valence-electron chi connectivity index (χ4n) is 2.88.